The van der Waals surface area contributed by atoms with E-state index in [0.29, 0.717) is 5.71 Å². The SMILES string of the molecule is CCCCCC(=NNC(N)=S)/C(C)=N/NC(N)=S. The van der Waals surface area contributed by atoms with Crippen LogP contribution in [0.25, 0.3) is 0 Å². The Hall–Kier alpha value is -1.28. The first-order valence-corrected chi connectivity index (χ1v) is 6.51. The minimum atomic E-state index is 0.115. The van der Waals surface area contributed by atoms with E-state index in [1.54, 1.807) is 0 Å². The maximum absolute atomic E-state index is 5.33. The quantitative estimate of drug-likeness (QED) is 0.241. The summed E-state index contributed by atoms with van der Waals surface area (Å²) in [6.45, 7) is 3.96. The molecule has 0 radical (unpaired) electrons. The highest BCUT2D eigenvalue weighted by Crippen LogP contribution is 2.02. The Morgan fingerprint density at radius 3 is 2.11 bits per heavy atom. The van der Waals surface area contributed by atoms with Gasteiger partial charge >= 0.3 is 0 Å². The fourth-order valence-electron chi connectivity index (χ4n) is 1.19. The van der Waals surface area contributed by atoms with E-state index in [-0.39, 0.29) is 10.2 Å². The lowest BCUT2D eigenvalue weighted by Gasteiger charge is -2.07. The highest BCUT2D eigenvalue weighted by atomic mass is 32.1. The lowest BCUT2D eigenvalue weighted by Crippen LogP contribution is -2.29. The fraction of sp³-hybridized carbons (Fsp3) is 0.600. The van der Waals surface area contributed by atoms with Crippen LogP contribution >= 0.6 is 24.4 Å². The predicted octanol–water partition coefficient (Wildman–Crippen LogP) is 0.965. The van der Waals surface area contributed by atoms with Crippen LogP contribution in [0.5, 0.6) is 0 Å². The first-order chi connectivity index (χ1) is 8.47. The lowest BCUT2D eigenvalue weighted by molar-refractivity contribution is 0.741. The Morgan fingerprint density at radius 2 is 1.61 bits per heavy atom. The summed E-state index contributed by atoms with van der Waals surface area (Å²) in [4.78, 5) is 0. The van der Waals surface area contributed by atoms with Gasteiger partial charge < -0.3 is 11.5 Å². The molecule has 0 heterocycles. The van der Waals surface area contributed by atoms with Gasteiger partial charge in [-0.25, -0.2) is 0 Å². The normalized spacial score (nSPS) is 12.1. The molecule has 0 atom stereocenters. The van der Waals surface area contributed by atoms with Gasteiger partial charge in [0, 0.05) is 0 Å². The molecule has 0 saturated heterocycles. The van der Waals surface area contributed by atoms with Crippen molar-refractivity contribution >= 4 is 46.1 Å². The minimum Gasteiger partial charge on any atom is -0.375 e. The van der Waals surface area contributed by atoms with Crippen LogP contribution in [0.1, 0.15) is 39.5 Å². The van der Waals surface area contributed by atoms with Crippen molar-refractivity contribution in [3.05, 3.63) is 0 Å². The molecule has 6 nitrogen and oxygen atoms in total. The number of nitrogens with two attached hydrogens (primary N) is 2. The van der Waals surface area contributed by atoms with Crippen LogP contribution < -0.4 is 22.3 Å². The monoisotopic (exact) mass is 288 g/mol. The highest BCUT2D eigenvalue weighted by Gasteiger charge is 2.05. The average Bonchev–Trinajstić information content (AvgIpc) is 2.30. The van der Waals surface area contributed by atoms with Gasteiger partial charge in [-0.1, -0.05) is 19.8 Å². The summed E-state index contributed by atoms with van der Waals surface area (Å²) in [6.07, 6.45) is 4.07. The molecule has 18 heavy (non-hydrogen) atoms. The molecule has 0 aromatic carbocycles. The summed E-state index contributed by atoms with van der Waals surface area (Å²) in [5.74, 6) is 0. The number of nitrogens with one attached hydrogen (secondary N) is 2. The van der Waals surface area contributed by atoms with Crippen LogP contribution in [0.15, 0.2) is 10.2 Å². The molecule has 0 aromatic heterocycles. The van der Waals surface area contributed by atoms with E-state index in [2.05, 4.69) is 40.2 Å². The fourth-order valence-corrected chi connectivity index (χ4v) is 1.28. The molecule has 0 bridgehead atoms. The maximum Gasteiger partial charge on any atom is 0.184 e. The van der Waals surface area contributed by atoms with E-state index in [9.17, 15) is 0 Å². The van der Waals surface area contributed by atoms with Crippen LogP contribution in [0.4, 0.5) is 0 Å². The van der Waals surface area contributed by atoms with Gasteiger partial charge in [0.05, 0.1) is 11.4 Å². The van der Waals surface area contributed by atoms with Crippen molar-refractivity contribution in [2.24, 2.45) is 21.7 Å². The summed E-state index contributed by atoms with van der Waals surface area (Å²) in [7, 11) is 0. The second-order valence-corrected chi connectivity index (χ2v) is 4.54. The van der Waals surface area contributed by atoms with Crippen LogP contribution in [-0.2, 0) is 0 Å². The number of hydrazone groups is 2. The van der Waals surface area contributed by atoms with Gasteiger partial charge in [0.25, 0.3) is 0 Å². The molecule has 102 valence electrons. The summed E-state index contributed by atoms with van der Waals surface area (Å²) >= 11 is 9.38. The molecule has 0 aliphatic heterocycles. The van der Waals surface area contributed by atoms with Gasteiger partial charge in [0.1, 0.15) is 0 Å². The number of hydrogen-bond acceptors (Lipinski definition) is 4. The van der Waals surface area contributed by atoms with Gasteiger partial charge in [0.15, 0.2) is 10.2 Å². The summed E-state index contributed by atoms with van der Waals surface area (Å²) < 4.78 is 0. The number of rotatable bonds is 7. The van der Waals surface area contributed by atoms with E-state index in [4.69, 9.17) is 23.7 Å². The number of hydrogen-bond donors (Lipinski definition) is 4. The molecular formula is C10H20N6S2. The second-order valence-electron chi connectivity index (χ2n) is 3.66. The second kappa shape index (κ2) is 9.72. The van der Waals surface area contributed by atoms with Gasteiger partial charge in [-0.05, 0) is 44.2 Å². The molecule has 0 aliphatic rings. The first kappa shape index (κ1) is 16.7. The first-order valence-electron chi connectivity index (χ1n) is 5.69. The number of nitrogens with zero attached hydrogens (tertiary/aromatic N) is 2. The molecular weight excluding hydrogens is 268 g/mol. The van der Waals surface area contributed by atoms with Crippen molar-refractivity contribution < 1.29 is 0 Å². The zero-order valence-corrected chi connectivity index (χ0v) is 12.3. The molecule has 0 rings (SSSR count). The molecule has 0 unspecified atom stereocenters. The molecule has 0 amide bonds. The average molecular weight is 288 g/mol. The topological polar surface area (TPSA) is 101 Å². The van der Waals surface area contributed by atoms with Gasteiger partial charge in [-0.2, -0.15) is 10.2 Å². The number of unbranched alkanes of at least 4 members (excludes halogenated alkanes) is 2. The molecule has 8 heteroatoms. The van der Waals surface area contributed by atoms with Crippen molar-refractivity contribution in [2.75, 3.05) is 0 Å². The lowest BCUT2D eigenvalue weighted by atomic mass is 10.1. The van der Waals surface area contributed by atoms with Gasteiger partial charge in [-0.3, -0.25) is 10.9 Å². The smallest absolute Gasteiger partial charge is 0.184 e. The van der Waals surface area contributed by atoms with Crippen molar-refractivity contribution in [2.45, 2.75) is 39.5 Å². The molecule has 0 saturated carbocycles. The Balaban J connectivity index is 4.62. The Kier molecular flexibility index (Phi) is 9.03. The molecule has 0 aliphatic carbocycles. The summed E-state index contributed by atoms with van der Waals surface area (Å²) in [5.41, 5.74) is 17.2. The summed E-state index contributed by atoms with van der Waals surface area (Å²) in [6, 6.07) is 0. The van der Waals surface area contributed by atoms with E-state index >= 15 is 0 Å². The zero-order chi connectivity index (χ0) is 14.0. The van der Waals surface area contributed by atoms with Gasteiger partial charge in [0.2, 0.25) is 0 Å². The zero-order valence-electron chi connectivity index (χ0n) is 10.7. The van der Waals surface area contributed by atoms with Crippen LogP contribution in [0.3, 0.4) is 0 Å². The van der Waals surface area contributed by atoms with Crippen LogP contribution in [0, 0.1) is 0 Å². The van der Waals surface area contributed by atoms with Crippen LogP contribution in [0.2, 0.25) is 0 Å². The Bertz CT molecular complexity index is 350. The number of thiocarbonyl (C=S) groups is 2. The predicted molar refractivity (Wildman–Crippen MR) is 84.5 cm³/mol. The third-order valence-corrected chi connectivity index (χ3v) is 2.25. The molecule has 0 spiro atoms. The largest absolute Gasteiger partial charge is 0.375 e. The van der Waals surface area contributed by atoms with E-state index in [1.165, 1.54) is 0 Å². The van der Waals surface area contributed by atoms with Crippen molar-refractivity contribution in [1.82, 2.24) is 10.9 Å². The molecule has 6 N–H and O–H groups in total. The minimum absolute atomic E-state index is 0.115. The van der Waals surface area contributed by atoms with Crippen molar-refractivity contribution in [1.29, 1.82) is 0 Å². The van der Waals surface area contributed by atoms with E-state index < -0.39 is 0 Å². The highest BCUT2D eigenvalue weighted by molar-refractivity contribution is 7.80. The summed E-state index contributed by atoms with van der Waals surface area (Å²) in [5, 5.41) is 8.38. The van der Waals surface area contributed by atoms with Crippen molar-refractivity contribution in [3.8, 4) is 0 Å². The molecule has 0 fully saturated rings. The third kappa shape index (κ3) is 8.82. The van der Waals surface area contributed by atoms with E-state index in [0.717, 1.165) is 31.4 Å². The van der Waals surface area contributed by atoms with E-state index in [1.807, 2.05) is 6.92 Å². The maximum atomic E-state index is 5.33. The third-order valence-electron chi connectivity index (χ3n) is 2.07. The van der Waals surface area contributed by atoms with Crippen molar-refractivity contribution in [3.63, 3.8) is 0 Å². The van der Waals surface area contributed by atoms with Gasteiger partial charge in [-0.15, -0.1) is 0 Å². The Labute approximate surface area is 118 Å². The van der Waals surface area contributed by atoms with Crippen LogP contribution in [-0.4, -0.2) is 21.6 Å². The molecule has 0 aromatic rings. The Morgan fingerprint density at radius 1 is 1.06 bits per heavy atom. The standard InChI is InChI=1S/C10H20N6S2/c1-3-4-5-6-8(14-16-10(12)18)7(2)13-15-9(11)17/h3-6H2,1-2H3,(H3,11,15,17)(H3,12,16,18)/b13-7+,14-8?.